The highest BCUT2D eigenvalue weighted by atomic mass is 16.5. The van der Waals surface area contributed by atoms with Gasteiger partial charge in [-0.3, -0.25) is 0 Å². The van der Waals surface area contributed by atoms with Crippen molar-refractivity contribution < 1.29 is 23.2 Å². The quantitative estimate of drug-likeness (QED) is 0.635. The average Bonchev–Trinajstić information content (AvgIpc) is 2.25. The molecular formula is C8H10O2. The summed E-state index contributed by atoms with van der Waals surface area (Å²) in [6, 6.07) is -3.26. The summed E-state index contributed by atoms with van der Waals surface area (Å²) in [7, 11) is -5.97. The van der Waals surface area contributed by atoms with Crippen LogP contribution in [0.15, 0.2) is 24.2 Å². The van der Waals surface area contributed by atoms with E-state index < -0.39 is 49.7 Å². The molecule has 0 N–H and O–H groups in total. The van der Waals surface area contributed by atoms with E-state index in [1.54, 1.807) is 0 Å². The van der Waals surface area contributed by atoms with Crippen LogP contribution >= 0.6 is 0 Å². The van der Waals surface area contributed by atoms with E-state index in [-0.39, 0.29) is 0 Å². The average molecular weight is 148 g/mol. The summed E-state index contributed by atoms with van der Waals surface area (Å²) in [5.74, 6) is -1.66. The first-order valence-corrected chi connectivity index (χ1v) is 2.32. The number of hydrogen-bond donors (Lipinski definition) is 0. The van der Waals surface area contributed by atoms with Crippen LogP contribution in [-0.4, -0.2) is 14.1 Å². The van der Waals surface area contributed by atoms with Gasteiger partial charge in [0.05, 0.1) is 27.8 Å². The summed E-state index contributed by atoms with van der Waals surface area (Å²) in [6.07, 6.45) is 0. The third-order valence-corrected chi connectivity index (χ3v) is 0.783. The van der Waals surface area contributed by atoms with Crippen LogP contribution in [0.4, 0.5) is 0 Å². The summed E-state index contributed by atoms with van der Waals surface area (Å²) in [5, 5.41) is 0. The van der Waals surface area contributed by atoms with Gasteiger partial charge >= 0.3 is 0 Å². The van der Waals surface area contributed by atoms with Crippen molar-refractivity contribution in [2.75, 3.05) is 14.1 Å². The van der Waals surface area contributed by atoms with Gasteiger partial charge in [0, 0.05) is 6.04 Å². The highest BCUT2D eigenvalue weighted by molar-refractivity contribution is 5.32. The van der Waals surface area contributed by atoms with Crippen molar-refractivity contribution in [2.45, 2.75) is 0 Å². The Labute approximate surface area is 74.4 Å². The van der Waals surface area contributed by atoms with Gasteiger partial charge in [-0.2, -0.15) is 0 Å². The first-order chi connectivity index (χ1) is 8.83. The molecule has 0 aromatic heterocycles. The Kier molecular flexibility index (Phi) is 0.473. The predicted molar refractivity (Wildman–Crippen MR) is 39.5 cm³/mol. The highest BCUT2D eigenvalue weighted by Gasteiger charge is 1.91. The molecule has 54 valence electrons. The van der Waals surface area contributed by atoms with Gasteiger partial charge in [0.2, 0.25) is 0 Å². The lowest BCUT2D eigenvalue weighted by Gasteiger charge is -2.01. The minimum Gasteiger partial charge on any atom is -0.497 e. The first kappa shape index (κ1) is 1.52. The molecule has 1 aromatic rings. The minimum absolute atomic E-state index is 0.792. The molecule has 0 aliphatic heterocycles. The number of benzene rings is 1. The van der Waals surface area contributed by atoms with Gasteiger partial charge in [0.15, 0.2) is 0 Å². The first-order valence-electron chi connectivity index (χ1n) is 7.32. The van der Waals surface area contributed by atoms with Gasteiger partial charge in [-0.05, 0) is 12.1 Å². The van der Waals surface area contributed by atoms with E-state index in [1.165, 1.54) is 0 Å². The lowest BCUT2D eigenvalue weighted by Crippen LogP contribution is -1.84. The number of rotatable bonds is 2. The Bertz CT molecular complexity index is 474. The van der Waals surface area contributed by atoms with Crippen LogP contribution in [0.3, 0.4) is 0 Å². The summed E-state index contributed by atoms with van der Waals surface area (Å²) in [5.41, 5.74) is 0. The molecule has 0 radical (unpaired) electrons. The van der Waals surface area contributed by atoms with Gasteiger partial charge in [-0.25, -0.2) is 0 Å². The highest BCUT2D eigenvalue weighted by Crippen LogP contribution is 2.17. The standard InChI is InChI=1S/C8H10O2/c1-9-7-4-3-5-8(6-7)10-2/h3-6H,1-2H3/i1D3,2D3,3D,4D,5D,6D. The molecule has 0 heterocycles. The zero-order chi connectivity index (χ0) is 15.9. The second kappa shape index (κ2) is 3.11. The molecule has 1 aromatic carbocycles. The van der Waals surface area contributed by atoms with Crippen LogP contribution in [0.25, 0.3) is 0 Å². The van der Waals surface area contributed by atoms with E-state index in [9.17, 15) is 0 Å². The number of hydrogen-bond acceptors (Lipinski definition) is 2. The molecule has 0 aliphatic carbocycles. The molecule has 0 saturated heterocycles. The maximum Gasteiger partial charge on any atom is 0.122 e. The molecule has 10 heavy (non-hydrogen) atoms. The molecule has 0 spiro atoms. The topological polar surface area (TPSA) is 18.5 Å². The zero-order valence-electron chi connectivity index (χ0n) is 14.8. The van der Waals surface area contributed by atoms with Crippen molar-refractivity contribution in [3.05, 3.63) is 24.2 Å². The van der Waals surface area contributed by atoms with E-state index in [2.05, 4.69) is 9.47 Å². The number of methoxy groups -OCH3 is 2. The minimum atomic E-state index is -2.99. The second-order valence-corrected chi connectivity index (χ2v) is 1.36. The van der Waals surface area contributed by atoms with Gasteiger partial charge in [-0.15, -0.1) is 0 Å². The van der Waals surface area contributed by atoms with Gasteiger partial charge in [-0.1, -0.05) is 6.04 Å². The Morgan fingerprint density at radius 2 is 1.90 bits per heavy atom. The fraction of sp³-hybridized carbons (Fsp3) is 0.250. The van der Waals surface area contributed by atoms with E-state index in [1.807, 2.05) is 0 Å². The molecule has 0 bridgehead atoms. The molecule has 1 rings (SSSR count). The normalized spacial score (nSPS) is 26.0. The smallest absolute Gasteiger partial charge is 0.122 e. The van der Waals surface area contributed by atoms with Crippen LogP contribution in [0.2, 0.25) is 0 Å². The molecule has 0 unspecified atom stereocenters. The van der Waals surface area contributed by atoms with Crippen molar-refractivity contribution >= 4 is 0 Å². The zero-order valence-corrected chi connectivity index (χ0v) is 4.82. The summed E-state index contributed by atoms with van der Waals surface area (Å²) < 4.78 is 80.4. The van der Waals surface area contributed by atoms with E-state index in [0.717, 1.165) is 0 Å². The fourth-order valence-corrected chi connectivity index (χ4v) is 0.412. The monoisotopic (exact) mass is 148 g/mol. The van der Waals surface area contributed by atoms with Gasteiger partial charge in [0.1, 0.15) is 11.5 Å². The molecule has 0 saturated carbocycles. The third kappa shape index (κ3) is 1.41. The summed E-state index contributed by atoms with van der Waals surface area (Å²) in [4.78, 5) is 0. The lowest BCUT2D eigenvalue weighted by molar-refractivity contribution is 0.394. The molecule has 0 amide bonds. The SMILES string of the molecule is [2H]c1c([2H])c(OC([2H])([2H])[2H])c([2H])c(OC([2H])([2H])[2H])c1[2H]. The van der Waals surface area contributed by atoms with Crippen molar-refractivity contribution in [3.63, 3.8) is 0 Å². The predicted octanol–water partition coefficient (Wildman–Crippen LogP) is 1.70. The van der Waals surface area contributed by atoms with Crippen LogP contribution in [0.5, 0.6) is 11.5 Å². The third-order valence-electron chi connectivity index (χ3n) is 0.783. The van der Waals surface area contributed by atoms with Crippen molar-refractivity contribution in [2.24, 2.45) is 0 Å². The molecule has 2 heteroatoms. The molecule has 0 atom stereocenters. The van der Waals surface area contributed by atoms with Crippen LogP contribution < -0.4 is 9.47 Å². The fourth-order valence-electron chi connectivity index (χ4n) is 0.412. The number of ether oxygens (including phenoxy) is 2. The van der Waals surface area contributed by atoms with Crippen molar-refractivity contribution in [1.29, 1.82) is 0 Å². The van der Waals surface area contributed by atoms with Gasteiger partial charge < -0.3 is 9.47 Å². The maximum absolute atomic E-state index is 7.61. The van der Waals surface area contributed by atoms with Crippen LogP contribution in [-0.2, 0) is 0 Å². The summed E-state index contributed by atoms with van der Waals surface area (Å²) in [6.45, 7) is 0. The lowest BCUT2D eigenvalue weighted by atomic mass is 10.3. The Morgan fingerprint density at radius 1 is 1.30 bits per heavy atom. The van der Waals surface area contributed by atoms with Crippen LogP contribution in [0, 0.1) is 0 Å². The maximum atomic E-state index is 7.61. The molecular weight excluding hydrogens is 128 g/mol. The Balaban J connectivity index is 3.47. The van der Waals surface area contributed by atoms with Gasteiger partial charge in [0.25, 0.3) is 0 Å². The molecule has 0 fully saturated rings. The second-order valence-electron chi connectivity index (χ2n) is 1.36. The summed E-state index contributed by atoms with van der Waals surface area (Å²) >= 11 is 0. The van der Waals surface area contributed by atoms with E-state index in [0.29, 0.717) is 0 Å². The largest absolute Gasteiger partial charge is 0.497 e. The van der Waals surface area contributed by atoms with Crippen molar-refractivity contribution in [1.82, 2.24) is 0 Å². The van der Waals surface area contributed by atoms with E-state index >= 15 is 0 Å². The Hall–Kier alpha value is -1.18. The van der Waals surface area contributed by atoms with E-state index in [4.69, 9.17) is 13.7 Å². The molecule has 2 nitrogen and oxygen atoms in total. The molecule has 0 aliphatic rings. The van der Waals surface area contributed by atoms with Crippen LogP contribution in [0.1, 0.15) is 13.7 Å². The van der Waals surface area contributed by atoms with Crippen molar-refractivity contribution in [3.8, 4) is 11.5 Å². The Morgan fingerprint density at radius 3 is 2.40 bits per heavy atom.